The van der Waals surface area contributed by atoms with E-state index >= 15 is 0 Å². The molecule has 0 nitrogen and oxygen atoms in total. The molecule has 3 aliphatic rings. The molecule has 1 saturated carbocycles. The zero-order valence-electron chi connectivity index (χ0n) is 29.9. The summed E-state index contributed by atoms with van der Waals surface area (Å²) in [6.07, 6.45) is 17.0. The van der Waals surface area contributed by atoms with Gasteiger partial charge in [0.05, 0.1) is 0 Å². The Bertz CT molecular complexity index is 2240. The molecule has 2 atom stereocenters. The van der Waals surface area contributed by atoms with Crippen LogP contribution < -0.4 is 0 Å². The van der Waals surface area contributed by atoms with E-state index in [-0.39, 0.29) is 0 Å². The van der Waals surface area contributed by atoms with Crippen LogP contribution in [-0.2, 0) is 18.0 Å². The predicted octanol–water partition coefficient (Wildman–Crippen LogP) is 14.1. The summed E-state index contributed by atoms with van der Waals surface area (Å²) in [5.41, 5.74) is 16.5. The Morgan fingerprint density at radius 2 is 0.784 bits per heavy atom. The third kappa shape index (κ3) is 5.31. The molecule has 0 aliphatic heterocycles. The SMILES string of the molecule is [CH3][Hf]([CH3])(=[C]1CCCCC1)([CH]1C=Cc2c(-c3ccccc3-c3ccccc3)cccc21)[CH]1C=Cc2c(-c3ccccc3-c3ccccc3)cccc21. The maximum atomic E-state index is 2.85. The first-order valence-corrected chi connectivity index (χ1v) is 32.1. The third-order valence-electron chi connectivity index (χ3n) is 13.0. The average molecular weight is 825 g/mol. The van der Waals surface area contributed by atoms with Crippen molar-refractivity contribution in [3.63, 3.8) is 0 Å². The summed E-state index contributed by atoms with van der Waals surface area (Å²) in [6, 6.07) is 54.1. The van der Waals surface area contributed by atoms with Gasteiger partial charge in [-0.2, -0.15) is 0 Å². The van der Waals surface area contributed by atoms with Crippen molar-refractivity contribution < 1.29 is 18.0 Å². The first-order valence-electron chi connectivity index (χ1n) is 19.0. The van der Waals surface area contributed by atoms with Gasteiger partial charge >= 0.3 is 307 Å². The average Bonchev–Trinajstić information content (AvgIpc) is 3.86. The van der Waals surface area contributed by atoms with Gasteiger partial charge < -0.3 is 0 Å². The third-order valence-corrected chi connectivity index (χ3v) is 40.1. The minimum atomic E-state index is -4.11. The van der Waals surface area contributed by atoms with Gasteiger partial charge in [-0.25, -0.2) is 0 Å². The molecule has 9 rings (SSSR count). The van der Waals surface area contributed by atoms with E-state index in [1.165, 1.54) is 87.7 Å². The minimum absolute atomic E-state index is 0.467. The second-order valence-electron chi connectivity index (χ2n) is 15.9. The fraction of sp³-hybridized carbons (Fsp3) is 0.180. The van der Waals surface area contributed by atoms with Crippen molar-refractivity contribution in [2.75, 3.05) is 0 Å². The molecule has 2 unspecified atom stereocenters. The summed E-state index contributed by atoms with van der Waals surface area (Å²) in [5.74, 6) is 0. The molecule has 3 aliphatic carbocycles. The van der Waals surface area contributed by atoms with Gasteiger partial charge in [-0.05, 0) is 0 Å². The standard InChI is InChI=1S/2C21H15.C6H10.2CH3.Hf/c2*1-2-8-16(9-3-1)18-12-4-5-13-20(18)21-15-7-11-17-10-6-14-19(17)21;1-2-4-6-5-3-1;;;/h2*1-15H;1-5H2;2*1H3;. The zero-order chi connectivity index (χ0) is 34.4. The molecular weight excluding hydrogens is 779 g/mol. The number of hydrogen-bond acceptors (Lipinski definition) is 0. The van der Waals surface area contributed by atoms with E-state index in [1.807, 2.05) is 3.26 Å². The van der Waals surface area contributed by atoms with Crippen LogP contribution in [0.4, 0.5) is 0 Å². The maximum absolute atomic E-state index is 4.11. The van der Waals surface area contributed by atoms with Crippen LogP contribution in [0.1, 0.15) is 61.7 Å². The van der Waals surface area contributed by atoms with Gasteiger partial charge in [0.1, 0.15) is 0 Å². The molecule has 0 N–H and O–H groups in total. The van der Waals surface area contributed by atoms with Gasteiger partial charge in [0.25, 0.3) is 0 Å². The van der Waals surface area contributed by atoms with Crippen LogP contribution in [0.3, 0.4) is 0 Å². The predicted molar refractivity (Wildman–Crippen MR) is 218 cm³/mol. The Balaban J connectivity index is 1.21. The van der Waals surface area contributed by atoms with Crippen molar-refractivity contribution in [2.24, 2.45) is 0 Å². The Morgan fingerprint density at radius 1 is 0.392 bits per heavy atom. The van der Waals surface area contributed by atoms with E-state index in [0.29, 0.717) is 7.35 Å². The van der Waals surface area contributed by atoms with Crippen molar-refractivity contribution in [1.82, 2.24) is 0 Å². The summed E-state index contributed by atoms with van der Waals surface area (Å²) in [6.45, 7) is 0. The van der Waals surface area contributed by atoms with Crippen molar-refractivity contribution in [1.29, 1.82) is 0 Å². The molecule has 0 aromatic heterocycles. The van der Waals surface area contributed by atoms with Crippen LogP contribution in [-0.4, -0.2) is 3.26 Å². The number of allylic oxidation sites excluding steroid dienone is 2. The molecule has 250 valence electrons. The first-order chi connectivity index (χ1) is 25.0. The molecular formula is C50H46Hf. The molecule has 1 fully saturated rings. The normalized spacial score (nSPS) is 18.1. The molecule has 0 radical (unpaired) electrons. The Kier molecular flexibility index (Phi) is 8.24. The van der Waals surface area contributed by atoms with Gasteiger partial charge in [-0.1, -0.05) is 0 Å². The van der Waals surface area contributed by atoms with Crippen LogP contribution in [0.15, 0.2) is 158 Å². The molecule has 1 heteroatoms. The molecule has 0 amide bonds. The van der Waals surface area contributed by atoms with Crippen molar-refractivity contribution in [3.05, 3.63) is 180 Å². The second kappa shape index (κ2) is 12.9. The van der Waals surface area contributed by atoms with E-state index in [1.54, 1.807) is 11.1 Å². The van der Waals surface area contributed by atoms with Crippen LogP contribution in [0.5, 0.6) is 0 Å². The molecule has 0 heterocycles. The van der Waals surface area contributed by atoms with Crippen LogP contribution in [0.25, 0.3) is 56.7 Å². The summed E-state index contributed by atoms with van der Waals surface area (Å²) < 4.78 is 8.58. The van der Waals surface area contributed by atoms with E-state index in [2.05, 4.69) is 179 Å². The van der Waals surface area contributed by atoms with Gasteiger partial charge in [0, 0.05) is 0 Å². The Labute approximate surface area is 304 Å². The van der Waals surface area contributed by atoms with Crippen LogP contribution >= 0.6 is 0 Å². The number of fused-ring (bicyclic) bond motifs is 2. The van der Waals surface area contributed by atoms with E-state index in [4.69, 9.17) is 0 Å². The first kappa shape index (κ1) is 32.4. The van der Waals surface area contributed by atoms with Crippen molar-refractivity contribution in [2.45, 2.75) is 48.8 Å². The summed E-state index contributed by atoms with van der Waals surface area (Å²) in [7, 11) is 0. The van der Waals surface area contributed by atoms with E-state index in [0.717, 1.165) is 0 Å². The Hall–Kier alpha value is -4.46. The number of hydrogen-bond donors (Lipinski definition) is 0. The van der Waals surface area contributed by atoms with Crippen LogP contribution in [0, 0.1) is 0 Å². The van der Waals surface area contributed by atoms with Crippen molar-refractivity contribution >= 4 is 15.4 Å². The summed E-state index contributed by atoms with van der Waals surface area (Å²) in [5, 5.41) is 0. The van der Waals surface area contributed by atoms with Crippen LogP contribution in [0.2, 0.25) is 9.36 Å². The monoisotopic (exact) mass is 826 g/mol. The Morgan fingerprint density at radius 3 is 1.24 bits per heavy atom. The molecule has 0 spiro atoms. The molecule has 6 aromatic carbocycles. The van der Waals surface area contributed by atoms with Gasteiger partial charge in [0.2, 0.25) is 0 Å². The topological polar surface area (TPSA) is 0 Å². The zero-order valence-corrected chi connectivity index (χ0v) is 33.4. The second-order valence-corrected chi connectivity index (χ2v) is 41.7. The number of benzene rings is 6. The van der Waals surface area contributed by atoms with Gasteiger partial charge in [0.15, 0.2) is 0 Å². The summed E-state index contributed by atoms with van der Waals surface area (Å²) in [4.78, 5) is 0. The molecule has 6 aromatic rings. The quantitative estimate of drug-likeness (QED) is 0.147. The number of rotatable bonds is 6. The molecule has 0 saturated heterocycles. The van der Waals surface area contributed by atoms with Gasteiger partial charge in [-0.15, -0.1) is 0 Å². The van der Waals surface area contributed by atoms with E-state index < -0.39 is 18.0 Å². The van der Waals surface area contributed by atoms with E-state index in [9.17, 15) is 0 Å². The fourth-order valence-electron chi connectivity index (χ4n) is 10.3. The molecule has 51 heavy (non-hydrogen) atoms. The van der Waals surface area contributed by atoms with Crippen molar-refractivity contribution in [3.8, 4) is 44.5 Å². The molecule has 0 bridgehead atoms. The van der Waals surface area contributed by atoms with Gasteiger partial charge in [-0.3, -0.25) is 0 Å². The summed E-state index contributed by atoms with van der Waals surface area (Å²) >= 11 is -4.11. The fourth-order valence-corrected chi connectivity index (χ4v) is 35.4.